The zero-order valence-corrected chi connectivity index (χ0v) is 12.4. The minimum Gasteiger partial charge on any atom is -0.261 e. The maximum Gasteiger partial charge on any atom is 0.0403 e. The molecule has 0 aromatic heterocycles. The Hall–Kier alpha value is -2.22. The Morgan fingerprint density at radius 1 is 0.524 bits per heavy atom. The van der Waals surface area contributed by atoms with Crippen molar-refractivity contribution in [1.82, 2.24) is 0 Å². The van der Waals surface area contributed by atoms with Gasteiger partial charge in [0, 0.05) is 23.8 Å². The third-order valence-corrected chi connectivity index (χ3v) is 3.26. The van der Waals surface area contributed by atoms with Gasteiger partial charge in [-0.3, -0.25) is 9.98 Å². The molecule has 0 N–H and O–H groups in total. The number of hydrogen-bond donors (Lipinski definition) is 0. The van der Waals surface area contributed by atoms with Gasteiger partial charge >= 0.3 is 0 Å². The first kappa shape index (κ1) is 15.2. The lowest BCUT2D eigenvalue weighted by molar-refractivity contribution is 0.718. The summed E-state index contributed by atoms with van der Waals surface area (Å²) in [5.41, 5.74) is 2.32. The molecule has 0 fully saturated rings. The quantitative estimate of drug-likeness (QED) is 0.604. The molecular formula is C19H22N2. The molecule has 2 nitrogen and oxygen atoms in total. The molecule has 2 aliphatic rings. The van der Waals surface area contributed by atoms with Gasteiger partial charge in [-0.05, 0) is 50.0 Å². The van der Waals surface area contributed by atoms with Crippen molar-refractivity contribution in [2.45, 2.75) is 32.1 Å². The van der Waals surface area contributed by atoms with Gasteiger partial charge in [0.15, 0.2) is 0 Å². The van der Waals surface area contributed by atoms with Crippen LogP contribution in [0.5, 0.6) is 0 Å². The third kappa shape index (κ3) is 6.66. The largest absolute Gasteiger partial charge is 0.261 e. The van der Waals surface area contributed by atoms with Gasteiger partial charge in [-0.15, -0.1) is 0 Å². The van der Waals surface area contributed by atoms with E-state index in [0.29, 0.717) is 0 Å². The van der Waals surface area contributed by atoms with Gasteiger partial charge in [-0.25, -0.2) is 0 Å². The highest BCUT2D eigenvalue weighted by atomic mass is 14.7. The van der Waals surface area contributed by atoms with Gasteiger partial charge in [0.05, 0.1) is 0 Å². The second kappa shape index (κ2) is 9.65. The minimum absolute atomic E-state index is 1.04. The first-order valence-electron chi connectivity index (χ1n) is 7.58. The van der Waals surface area contributed by atoms with Crippen molar-refractivity contribution in [2.24, 2.45) is 9.98 Å². The van der Waals surface area contributed by atoms with Gasteiger partial charge in [-0.2, -0.15) is 0 Å². The summed E-state index contributed by atoms with van der Waals surface area (Å²) in [6, 6.07) is 0. The standard InChI is InChI=1S/C19H22N2/c1-3-10-16-20-18(12-6-1)14-8-5-9-15-19-13-7-2-4-11-17-21-19/h1-4,6-7,10-13,16-17H,5,8-9,14-15H2/b3-1-,4-2-,6-1?,7-2?,10-3?,11-4?,12-6-,13-7-,16-10-,17-11-,18-12?,19-13?,20-16?,20-18+,21-17?,21-19+. The maximum atomic E-state index is 4.44. The highest BCUT2D eigenvalue weighted by Gasteiger charge is 1.98. The van der Waals surface area contributed by atoms with E-state index in [4.69, 9.17) is 0 Å². The normalized spacial score (nSPS) is 31.0. The minimum atomic E-state index is 1.04. The maximum absolute atomic E-state index is 4.44. The van der Waals surface area contributed by atoms with Crippen molar-refractivity contribution in [3.8, 4) is 0 Å². The molecule has 21 heavy (non-hydrogen) atoms. The van der Waals surface area contributed by atoms with E-state index in [0.717, 1.165) is 24.3 Å². The van der Waals surface area contributed by atoms with Crippen LogP contribution in [0.15, 0.2) is 83.1 Å². The third-order valence-electron chi connectivity index (χ3n) is 3.26. The molecule has 0 saturated carbocycles. The van der Waals surface area contributed by atoms with E-state index in [1.807, 2.05) is 48.9 Å². The van der Waals surface area contributed by atoms with Gasteiger partial charge in [0.25, 0.3) is 0 Å². The number of hydrogen-bond acceptors (Lipinski definition) is 2. The Labute approximate surface area is 127 Å². The van der Waals surface area contributed by atoms with Gasteiger partial charge < -0.3 is 0 Å². The molecule has 0 saturated heterocycles. The number of allylic oxidation sites excluding steroid dienone is 10. The average Bonchev–Trinajstić information content (AvgIpc) is 2.42. The van der Waals surface area contributed by atoms with Crippen LogP contribution in [0.2, 0.25) is 0 Å². The van der Waals surface area contributed by atoms with E-state index in [2.05, 4.69) is 34.3 Å². The Balaban J connectivity index is 1.66. The van der Waals surface area contributed by atoms with Crippen molar-refractivity contribution < 1.29 is 0 Å². The van der Waals surface area contributed by atoms with Crippen LogP contribution in [0.25, 0.3) is 0 Å². The summed E-state index contributed by atoms with van der Waals surface area (Å²) in [7, 11) is 0. The Morgan fingerprint density at radius 2 is 1.00 bits per heavy atom. The van der Waals surface area contributed by atoms with E-state index < -0.39 is 0 Å². The highest BCUT2D eigenvalue weighted by Crippen LogP contribution is 2.08. The lowest BCUT2D eigenvalue weighted by Gasteiger charge is -2.03. The first-order valence-corrected chi connectivity index (χ1v) is 7.58. The number of unbranched alkanes of at least 4 members (excludes halogenated alkanes) is 2. The van der Waals surface area contributed by atoms with Crippen LogP contribution in [0.1, 0.15) is 32.1 Å². The van der Waals surface area contributed by atoms with Crippen LogP contribution >= 0.6 is 0 Å². The van der Waals surface area contributed by atoms with E-state index in [1.165, 1.54) is 19.3 Å². The monoisotopic (exact) mass is 278 g/mol. The molecule has 108 valence electrons. The van der Waals surface area contributed by atoms with Crippen LogP contribution < -0.4 is 0 Å². The molecule has 0 aromatic carbocycles. The van der Waals surface area contributed by atoms with Crippen molar-refractivity contribution in [1.29, 1.82) is 0 Å². The topological polar surface area (TPSA) is 24.7 Å². The smallest absolute Gasteiger partial charge is 0.0403 e. The summed E-state index contributed by atoms with van der Waals surface area (Å²) in [6.45, 7) is 0. The van der Waals surface area contributed by atoms with Crippen LogP contribution in [-0.4, -0.2) is 11.4 Å². The molecule has 2 rings (SSSR count). The molecule has 2 aliphatic heterocycles. The fraction of sp³-hybridized carbons (Fsp3) is 0.263. The predicted molar refractivity (Wildman–Crippen MR) is 92.8 cm³/mol. The van der Waals surface area contributed by atoms with Gasteiger partial charge in [0.2, 0.25) is 0 Å². The Kier molecular flexibility index (Phi) is 6.97. The van der Waals surface area contributed by atoms with Crippen LogP contribution in [0.4, 0.5) is 0 Å². The fourth-order valence-corrected chi connectivity index (χ4v) is 2.14. The second-order valence-corrected chi connectivity index (χ2v) is 4.97. The lowest BCUT2D eigenvalue weighted by Crippen LogP contribution is -1.96. The molecule has 0 aromatic rings. The predicted octanol–water partition coefficient (Wildman–Crippen LogP) is 5.10. The van der Waals surface area contributed by atoms with Crippen molar-refractivity contribution >= 4 is 11.4 Å². The van der Waals surface area contributed by atoms with E-state index >= 15 is 0 Å². The molecule has 2 heteroatoms. The summed E-state index contributed by atoms with van der Waals surface area (Å²) in [5, 5.41) is 0. The molecule has 0 radical (unpaired) electrons. The fourth-order valence-electron chi connectivity index (χ4n) is 2.14. The number of rotatable bonds is 6. The van der Waals surface area contributed by atoms with Crippen molar-refractivity contribution in [3.05, 3.63) is 73.2 Å². The van der Waals surface area contributed by atoms with Crippen LogP contribution in [0.3, 0.4) is 0 Å². The van der Waals surface area contributed by atoms with E-state index in [9.17, 15) is 0 Å². The summed E-state index contributed by atoms with van der Waals surface area (Å²) < 4.78 is 0. The van der Waals surface area contributed by atoms with E-state index in [1.54, 1.807) is 0 Å². The zero-order chi connectivity index (χ0) is 14.6. The summed E-state index contributed by atoms with van der Waals surface area (Å²) >= 11 is 0. The van der Waals surface area contributed by atoms with Crippen LogP contribution in [0, 0.1) is 0 Å². The molecule has 0 spiro atoms. The van der Waals surface area contributed by atoms with Crippen LogP contribution in [-0.2, 0) is 0 Å². The molecule has 0 atom stereocenters. The van der Waals surface area contributed by atoms with Gasteiger partial charge in [-0.1, -0.05) is 42.9 Å². The Morgan fingerprint density at radius 3 is 1.52 bits per heavy atom. The van der Waals surface area contributed by atoms with E-state index in [-0.39, 0.29) is 0 Å². The lowest BCUT2D eigenvalue weighted by atomic mass is 10.1. The first-order chi connectivity index (χ1) is 10.4. The molecule has 0 bridgehead atoms. The molecular weight excluding hydrogens is 256 g/mol. The highest BCUT2D eigenvalue weighted by molar-refractivity contribution is 5.96. The van der Waals surface area contributed by atoms with Crippen molar-refractivity contribution in [3.63, 3.8) is 0 Å². The summed E-state index contributed by atoms with van der Waals surface area (Å²) in [6.07, 6.45) is 29.6. The number of nitrogens with zero attached hydrogens (tertiary/aromatic N) is 2. The molecule has 2 heterocycles. The molecule has 0 amide bonds. The Bertz CT molecular complexity index is 502. The summed E-state index contributed by atoms with van der Waals surface area (Å²) in [5.74, 6) is 0. The van der Waals surface area contributed by atoms with Crippen molar-refractivity contribution in [2.75, 3.05) is 0 Å². The zero-order valence-electron chi connectivity index (χ0n) is 12.4. The second-order valence-electron chi connectivity index (χ2n) is 4.97. The number of aliphatic imine (C=N–C) groups is 2. The average molecular weight is 278 g/mol. The SMILES string of the molecule is C1=C\C=C/C(CCCCCC2=N/C=C\C=C/C=C\2)=N\C=C/1. The van der Waals surface area contributed by atoms with Gasteiger partial charge in [0.1, 0.15) is 0 Å². The molecule has 0 aliphatic carbocycles. The summed E-state index contributed by atoms with van der Waals surface area (Å²) in [4.78, 5) is 8.88. The molecule has 0 unspecified atom stereocenters.